The average molecular weight is 297 g/mol. The van der Waals surface area contributed by atoms with E-state index in [1.807, 2.05) is 0 Å². The van der Waals surface area contributed by atoms with Gasteiger partial charge in [-0.25, -0.2) is 13.1 Å². The summed E-state index contributed by atoms with van der Waals surface area (Å²) >= 11 is 0. The van der Waals surface area contributed by atoms with Crippen molar-refractivity contribution in [3.8, 4) is 0 Å². The van der Waals surface area contributed by atoms with E-state index in [4.69, 9.17) is 5.73 Å². The minimum absolute atomic E-state index is 0.0570. The number of anilines is 1. The summed E-state index contributed by atoms with van der Waals surface area (Å²) in [6.45, 7) is 4.63. The van der Waals surface area contributed by atoms with Gasteiger partial charge in [0, 0.05) is 18.3 Å². The van der Waals surface area contributed by atoms with Gasteiger partial charge >= 0.3 is 0 Å². The molecule has 0 aromatic heterocycles. The summed E-state index contributed by atoms with van der Waals surface area (Å²) in [6.07, 6.45) is 2.20. The van der Waals surface area contributed by atoms with Crippen LogP contribution in [0.5, 0.6) is 0 Å². The quantitative estimate of drug-likeness (QED) is 0.773. The van der Waals surface area contributed by atoms with Crippen molar-refractivity contribution in [3.05, 3.63) is 29.8 Å². The van der Waals surface area contributed by atoms with E-state index in [1.54, 1.807) is 24.3 Å². The average Bonchev–Trinajstić information content (AvgIpc) is 2.86. The van der Waals surface area contributed by atoms with Crippen molar-refractivity contribution in [2.75, 3.05) is 25.4 Å². The highest BCUT2D eigenvalue weighted by Gasteiger charge is 2.24. The van der Waals surface area contributed by atoms with Crippen molar-refractivity contribution < 1.29 is 8.42 Å². The van der Waals surface area contributed by atoms with Gasteiger partial charge < -0.3 is 5.73 Å². The summed E-state index contributed by atoms with van der Waals surface area (Å²) in [4.78, 5) is 2.32. The third kappa shape index (κ3) is 3.94. The van der Waals surface area contributed by atoms with E-state index < -0.39 is 10.0 Å². The van der Waals surface area contributed by atoms with Gasteiger partial charge in [-0.2, -0.15) is 0 Å². The maximum Gasteiger partial charge on any atom is 0.215 e. The van der Waals surface area contributed by atoms with Gasteiger partial charge in [-0.15, -0.1) is 0 Å². The Morgan fingerprint density at radius 3 is 2.85 bits per heavy atom. The monoisotopic (exact) mass is 297 g/mol. The minimum Gasteiger partial charge on any atom is -0.398 e. The first-order valence-electron chi connectivity index (χ1n) is 7.06. The fourth-order valence-corrected chi connectivity index (χ4v) is 3.91. The van der Waals surface area contributed by atoms with E-state index in [1.165, 1.54) is 0 Å². The fraction of sp³-hybridized carbons (Fsp3) is 0.571. The first-order valence-corrected chi connectivity index (χ1v) is 8.72. The number of para-hydroxylation sites is 1. The molecule has 1 aliphatic rings. The van der Waals surface area contributed by atoms with Crippen LogP contribution in [0, 0.1) is 0 Å². The zero-order valence-corrected chi connectivity index (χ0v) is 12.7. The van der Waals surface area contributed by atoms with Crippen LogP contribution in [0.15, 0.2) is 24.3 Å². The van der Waals surface area contributed by atoms with E-state index >= 15 is 0 Å². The molecule has 112 valence electrons. The van der Waals surface area contributed by atoms with E-state index in [9.17, 15) is 8.42 Å². The first-order chi connectivity index (χ1) is 9.52. The number of benzene rings is 1. The number of hydrogen-bond acceptors (Lipinski definition) is 4. The maximum atomic E-state index is 12.1. The lowest BCUT2D eigenvalue weighted by molar-refractivity contribution is 0.268. The molecule has 0 bridgehead atoms. The molecule has 1 aromatic carbocycles. The molecule has 3 N–H and O–H groups in total. The van der Waals surface area contributed by atoms with Gasteiger partial charge in [-0.3, -0.25) is 4.90 Å². The number of rotatable bonds is 6. The van der Waals surface area contributed by atoms with Crippen molar-refractivity contribution in [2.45, 2.75) is 31.6 Å². The van der Waals surface area contributed by atoms with Gasteiger partial charge in [0.1, 0.15) is 0 Å². The lowest BCUT2D eigenvalue weighted by Gasteiger charge is -2.22. The maximum absolute atomic E-state index is 12.1. The first kappa shape index (κ1) is 15.3. The lowest BCUT2D eigenvalue weighted by Crippen LogP contribution is -2.40. The smallest absolute Gasteiger partial charge is 0.215 e. The van der Waals surface area contributed by atoms with Gasteiger partial charge in [0.2, 0.25) is 10.0 Å². The predicted molar refractivity (Wildman–Crippen MR) is 81.7 cm³/mol. The fourth-order valence-electron chi connectivity index (χ4n) is 2.69. The Morgan fingerprint density at radius 1 is 1.40 bits per heavy atom. The van der Waals surface area contributed by atoms with Gasteiger partial charge in [-0.1, -0.05) is 25.1 Å². The second-order valence-corrected chi connectivity index (χ2v) is 7.04. The number of nitrogen functional groups attached to an aromatic ring is 1. The van der Waals surface area contributed by atoms with Crippen LogP contribution < -0.4 is 10.5 Å². The second-order valence-electron chi connectivity index (χ2n) is 5.23. The van der Waals surface area contributed by atoms with Crippen LogP contribution in [0.25, 0.3) is 0 Å². The van der Waals surface area contributed by atoms with Crippen LogP contribution in [0.4, 0.5) is 5.69 Å². The summed E-state index contributed by atoms with van der Waals surface area (Å²) in [6, 6.07) is 7.40. The molecule has 6 heteroatoms. The molecule has 0 radical (unpaired) electrons. The topological polar surface area (TPSA) is 75.4 Å². The largest absolute Gasteiger partial charge is 0.398 e. The Morgan fingerprint density at radius 2 is 2.15 bits per heavy atom. The van der Waals surface area contributed by atoms with Crippen molar-refractivity contribution in [1.29, 1.82) is 0 Å². The number of sulfonamides is 1. The zero-order chi connectivity index (χ0) is 14.6. The molecule has 5 nitrogen and oxygen atoms in total. The van der Waals surface area contributed by atoms with Crippen LogP contribution in [-0.4, -0.2) is 39.0 Å². The highest BCUT2D eigenvalue weighted by Crippen LogP contribution is 2.17. The van der Waals surface area contributed by atoms with E-state index in [2.05, 4.69) is 16.5 Å². The summed E-state index contributed by atoms with van der Waals surface area (Å²) in [7, 11) is -3.33. The molecule has 1 fully saturated rings. The number of likely N-dealkylation sites (N-methyl/N-ethyl adjacent to an activating group) is 1. The highest BCUT2D eigenvalue weighted by molar-refractivity contribution is 7.88. The van der Waals surface area contributed by atoms with Gasteiger partial charge in [0.15, 0.2) is 0 Å². The van der Waals surface area contributed by atoms with Gasteiger partial charge in [0.25, 0.3) is 0 Å². The van der Waals surface area contributed by atoms with Gasteiger partial charge in [0.05, 0.1) is 5.75 Å². The van der Waals surface area contributed by atoms with Gasteiger partial charge in [-0.05, 0) is 37.6 Å². The standard InChI is InChI=1S/C14H23N3O2S/c1-2-17-9-5-7-13(17)10-16-20(18,19)11-12-6-3-4-8-14(12)15/h3-4,6,8,13,16H,2,5,7,9-11,15H2,1H3. The number of likely N-dealkylation sites (tertiary alicyclic amines) is 1. The molecule has 1 aromatic rings. The molecule has 1 aliphatic heterocycles. The predicted octanol–water partition coefficient (Wildman–Crippen LogP) is 1.17. The SMILES string of the molecule is CCN1CCCC1CNS(=O)(=O)Cc1ccccc1N. The third-order valence-electron chi connectivity index (χ3n) is 3.84. The molecule has 20 heavy (non-hydrogen) atoms. The molecule has 0 saturated carbocycles. The Balaban J connectivity index is 1.93. The molecule has 2 rings (SSSR count). The minimum atomic E-state index is -3.33. The van der Waals surface area contributed by atoms with Crippen LogP contribution in [0.2, 0.25) is 0 Å². The van der Waals surface area contributed by atoms with Crippen LogP contribution in [-0.2, 0) is 15.8 Å². The molecule has 1 atom stereocenters. The summed E-state index contributed by atoms with van der Waals surface area (Å²) in [5.74, 6) is -0.0570. The number of nitrogens with one attached hydrogen (secondary N) is 1. The summed E-state index contributed by atoms with van der Waals surface area (Å²) in [5, 5.41) is 0. The number of hydrogen-bond donors (Lipinski definition) is 2. The molecule has 0 amide bonds. The summed E-state index contributed by atoms with van der Waals surface area (Å²) in [5.41, 5.74) is 6.96. The highest BCUT2D eigenvalue weighted by atomic mass is 32.2. The van der Waals surface area contributed by atoms with Crippen molar-refractivity contribution in [1.82, 2.24) is 9.62 Å². The van der Waals surface area contributed by atoms with Crippen LogP contribution >= 0.6 is 0 Å². The second kappa shape index (κ2) is 6.56. The molecule has 0 spiro atoms. The number of nitrogens with two attached hydrogens (primary N) is 1. The van der Waals surface area contributed by atoms with Crippen LogP contribution in [0.3, 0.4) is 0 Å². The molecular weight excluding hydrogens is 274 g/mol. The van der Waals surface area contributed by atoms with Crippen molar-refractivity contribution in [2.24, 2.45) is 0 Å². The number of nitrogens with zero attached hydrogens (tertiary/aromatic N) is 1. The van der Waals surface area contributed by atoms with E-state index in [-0.39, 0.29) is 5.75 Å². The Hall–Kier alpha value is -1.11. The Kier molecular flexibility index (Phi) is 5.01. The molecule has 1 unspecified atom stereocenters. The normalized spacial score (nSPS) is 20.4. The lowest BCUT2D eigenvalue weighted by atomic mass is 10.2. The van der Waals surface area contributed by atoms with E-state index in [0.29, 0.717) is 23.8 Å². The van der Waals surface area contributed by atoms with Crippen molar-refractivity contribution in [3.63, 3.8) is 0 Å². The van der Waals surface area contributed by atoms with Crippen LogP contribution in [0.1, 0.15) is 25.3 Å². The Bertz CT molecular complexity index is 545. The molecule has 1 saturated heterocycles. The Labute approximate surface area is 121 Å². The molecule has 1 heterocycles. The van der Waals surface area contributed by atoms with Crippen molar-refractivity contribution >= 4 is 15.7 Å². The van der Waals surface area contributed by atoms with E-state index in [0.717, 1.165) is 25.9 Å². The molecular formula is C14H23N3O2S. The summed E-state index contributed by atoms with van der Waals surface area (Å²) < 4.78 is 27.0. The third-order valence-corrected chi connectivity index (χ3v) is 5.14. The zero-order valence-electron chi connectivity index (χ0n) is 11.9. The molecule has 0 aliphatic carbocycles.